The molecule has 16 heavy (non-hydrogen) atoms. The van der Waals surface area contributed by atoms with E-state index in [0.717, 1.165) is 44.7 Å². The summed E-state index contributed by atoms with van der Waals surface area (Å²) in [7, 11) is 2.01. The molecule has 0 bridgehead atoms. The van der Waals surface area contributed by atoms with Crippen LogP contribution >= 0.6 is 0 Å². The van der Waals surface area contributed by atoms with Crippen LogP contribution in [0.3, 0.4) is 0 Å². The lowest BCUT2D eigenvalue weighted by molar-refractivity contribution is 0.0183. The lowest BCUT2D eigenvalue weighted by atomic mass is 9.76. The molecule has 0 radical (unpaired) electrons. The predicted molar refractivity (Wildman–Crippen MR) is 63.2 cm³/mol. The Balaban J connectivity index is 2.14. The van der Waals surface area contributed by atoms with Gasteiger partial charge in [0.05, 0.1) is 5.69 Å². The number of nitrogens with zero attached hydrogens (tertiary/aromatic N) is 2. The van der Waals surface area contributed by atoms with Gasteiger partial charge in [0.2, 0.25) is 0 Å². The largest absolute Gasteiger partial charge is 0.381 e. The van der Waals surface area contributed by atoms with Crippen LogP contribution in [0, 0.1) is 12.3 Å². The Morgan fingerprint density at radius 1 is 1.50 bits per heavy atom. The van der Waals surface area contributed by atoms with E-state index in [1.54, 1.807) is 0 Å². The fraction of sp³-hybridized carbons (Fsp3) is 0.750. The molecular formula is C12H21N3O. The van der Waals surface area contributed by atoms with Crippen molar-refractivity contribution in [3.8, 4) is 0 Å². The molecule has 4 heteroatoms. The van der Waals surface area contributed by atoms with Crippen molar-refractivity contribution in [3.05, 3.63) is 17.5 Å². The molecular weight excluding hydrogens is 202 g/mol. The zero-order valence-corrected chi connectivity index (χ0v) is 10.2. The summed E-state index contributed by atoms with van der Waals surface area (Å²) in [6.07, 6.45) is 3.14. The average Bonchev–Trinajstić information content (AvgIpc) is 2.59. The van der Waals surface area contributed by atoms with Crippen LogP contribution < -0.4 is 5.73 Å². The van der Waals surface area contributed by atoms with E-state index in [1.807, 2.05) is 18.7 Å². The van der Waals surface area contributed by atoms with Crippen LogP contribution in [0.25, 0.3) is 0 Å². The van der Waals surface area contributed by atoms with Crippen LogP contribution in [-0.2, 0) is 18.2 Å². The fourth-order valence-corrected chi connectivity index (χ4v) is 2.47. The van der Waals surface area contributed by atoms with Crippen LogP contribution in [0.4, 0.5) is 0 Å². The summed E-state index contributed by atoms with van der Waals surface area (Å²) in [5, 5.41) is 4.39. The SMILES string of the molecule is Cc1cc(CC2(CN)CCOCC2)n(C)n1. The van der Waals surface area contributed by atoms with Crippen LogP contribution in [0.1, 0.15) is 24.2 Å². The van der Waals surface area contributed by atoms with E-state index < -0.39 is 0 Å². The van der Waals surface area contributed by atoms with Crippen molar-refractivity contribution in [3.63, 3.8) is 0 Å². The second-order valence-electron chi connectivity index (χ2n) is 4.89. The van der Waals surface area contributed by atoms with Gasteiger partial charge in [-0.25, -0.2) is 0 Å². The van der Waals surface area contributed by atoms with E-state index in [-0.39, 0.29) is 5.41 Å². The van der Waals surface area contributed by atoms with Gasteiger partial charge in [-0.3, -0.25) is 4.68 Å². The summed E-state index contributed by atoms with van der Waals surface area (Å²) < 4.78 is 7.40. The summed E-state index contributed by atoms with van der Waals surface area (Å²) in [5.41, 5.74) is 8.54. The Bertz CT molecular complexity index is 353. The van der Waals surface area contributed by atoms with Crippen molar-refractivity contribution in [1.82, 2.24) is 9.78 Å². The second kappa shape index (κ2) is 4.55. The summed E-state index contributed by atoms with van der Waals surface area (Å²) in [6.45, 7) is 4.45. The molecule has 1 aliphatic rings. The predicted octanol–water partition coefficient (Wildman–Crippen LogP) is 1.03. The van der Waals surface area contributed by atoms with E-state index in [1.165, 1.54) is 5.69 Å². The number of hydrogen-bond acceptors (Lipinski definition) is 3. The van der Waals surface area contributed by atoms with Gasteiger partial charge in [0.1, 0.15) is 0 Å². The molecule has 2 heterocycles. The summed E-state index contributed by atoms with van der Waals surface area (Å²) in [5.74, 6) is 0. The van der Waals surface area contributed by atoms with Gasteiger partial charge < -0.3 is 10.5 Å². The molecule has 0 aromatic carbocycles. The van der Waals surface area contributed by atoms with Crippen LogP contribution in [-0.4, -0.2) is 29.5 Å². The van der Waals surface area contributed by atoms with Crippen molar-refractivity contribution in [1.29, 1.82) is 0 Å². The molecule has 2 rings (SSSR count). The molecule has 0 unspecified atom stereocenters. The van der Waals surface area contributed by atoms with Crippen LogP contribution in [0.2, 0.25) is 0 Å². The Kier molecular flexibility index (Phi) is 3.30. The molecule has 90 valence electrons. The fourth-order valence-electron chi connectivity index (χ4n) is 2.47. The minimum Gasteiger partial charge on any atom is -0.381 e. The Hall–Kier alpha value is -0.870. The standard InChI is InChI=1S/C12H21N3O/c1-10-7-11(15(2)14-10)8-12(9-13)3-5-16-6-4-12/h7H,3-6,8-9,13H2,1-2H3. The van der Waals surface area contributed by atoms with E-state index in [2.05, 4.69) is 11.2 Å². The number of aromatic nitrogens is 2. The van der Waals surface area contributed by atoms with Gasteiger partial charge in [-0.05, 0) is 44.2 Å². The first kappa shape index (κ1) is 11.6. The molecule has 0 atom stereocenters. The number of rotatable bonds is 3. The highest BCUT2D eigenvalue weighted by Gasteiger charge is 2.32. The van der Waals surface area contributed by atoms with Crippen molar-refractivity contribution in [2.24, 2.45) is 18.2 Å². The van der Waals surface area contributed by atoms with Gasteiger partial charge in [0.15, 0.2) is 0 Å². The highest BCUT2D eigenvalue weighted by molar-refractivity contribution is 5.11. The molecule has 1 saturated heterocycles. The third-order valence-corrected chi connectivity index (χ3v) is 3.64. The smallest absolute Gasteiger partial charge is 0.0596 e. The number of hydrogen-bond donors (Lipinski definition) is 1. The molecule has 1 aliphatic heterocycles. The van der Waals surface area contributed by atoms with Gasteiger partial charge in [-0.15, -0.1) is 0 Å². The Morgan fingerprint density at radius 3 is 2.69 bits per heavy atom. The maximum Gasteiger partial charge on any atom is 0.0596 e. The molecule has 1 aromatic heterocycles. The molecule has 0 aliphatic carbocycles. The topological polar surface area (TPSA) is 53.1 Å². The van der Waals surface area contributed by atoms with Crippen molar-refractivity contribution in [2.45, 2.75) is 26.2 Å². The third-order valence-electron chi connectivity index (χ3n) is 3.64. The van der Waals surface area contributed by atoms with Crippen LogP contribution in [0.15, 0.2) is 6.07 Å². The van der Waals surface area contributed by atoms with E-state index in [9.17, 15) is 0 Å². The highest BCUT2D eigenvalue weighted by Crippen LogP contribution is 2.33. The highest BCUT2D eigenvalue weighted by atomic mass is 16.5. The summed E-state index contributed by atoms with van der Waals surface area (Å²) in [6, 6.07) is 2.16. The molecule has 2 N–H and O–H groups in total. The zero-order valence-electron chi connectivity index (χ0n) is 10.2. The molecule has 1 aromatic rings. The summed E-state index contributed by atoms with van der Waals surface area (Å²) in [4.78, 5) is 0. The van der Waals surface area contributed by atoms with Crippen molar-refractivity contribution < 1.29 is 4.74 Å². The molecule has 1 fully saturated rings. The zero-order chi connectivity index (χ0) is 11.6. The van der Waals surface area contributed by atoms with Crippen molar-refractivity contribution >= 4 is 0 Å². The number of nitrogens with two attached hydrogens (primary N) is 1. The number of ether oxygens (including phenoxy) is 1. The number of aryl methyl sites for hydroxylation is 2. The van der Waals surface area contributed by atoms with Gasteiger partial charge in [0.25, 0.3) is 0 Å². The normalized spacial score (nSPS) is 19.9. The lowest BCUT2D eigenvalue weighted by Gasteiger charge is -2.36. The molecule has 4 nitrogen and oxygen atoms in total. The average molecular weight is 223 g/mol. The monoisotopic (exact) mass is 223 g/mol. The summed E-state index contributed by atoms with van der Waals surface area (Å²) >= 11 is 0. The maximum absolute atomic E-state index is 5.96. The lowest BCUT2D eigenvalue weighted by Crippen LogP contribution is -2.38. The third kappa shape index (κ3) is 2.28. The first-order valence-electron chi connectivity index (χ1n) is 5.93. The minimum absolute atomic E-state index is 0.221. The molecule has 0 amide bonds. The van der Waals surface area contributed by atoms with Crippen LogP contribution in [0.5, 0.6) is 0 Å². The van der Waals surface area contributed by atoms with E-state index in [4.69, 9.17) is 10.5 Å². The first-order valence-corrected chi connectivity index (χ1v) is 5.93. The van der Waals surface area contributed by atoms with Gasteiger partial charge >= 0.3 is 0 Å². The van der Waals surface area contributed by atoms with Crippen molar-refractivity contribution in [2.75, 3.05) is 19.8 Å². The van der Waals surface area contributed by atoms with Gasteiger partial charge in [-0.2, -0.15) is 5.10 Å². The first-order chi connectivity index (χ1) is 7.65. The quantitative estimate of drug-likeness (QED) is 0.832. The van der Waals surface area contributed by atoms with Gasteiger partial charge in [0, 0.05) is 26.0 Å². The minimum atomic E-state index is 0.221. The maximum atomic E-state index is 5.96. The van der Waals surface area contributed by atoms with E-state index >= 15 is 0 Å². The van der Waals surface area contributed by atoms with E-state index in [0.29, 0.717) is 0 Å². The second-order valence-corrected chi connectivity index (χ2v) is 4.89. The van der Waals surface area contributed by atoms with Gasteiger partial charge in [-0.1, -0.05) is 0 Å². The molecule has 0 saturated carbocycles. The molecule has 0 spiro atoms. The Morgan fingerprint density at radius 2 is 2.19 bits per heavy atom. The Labute approximate surface area is 96.8 Å².